The molecule has 0 radical (unpaired) electrons. The van der Waals surface area contributed by atoms with Gasteiger partial charge in [-0.15, -0.1) is 11.6 Å². The summed E-state index contributed by atoms with van der Waals surface area (Å²) in [5, 5.41) is 0. The standard InChI is InChI=1S/C11H12ClFO/c1-8(6-7-12)11(14)9-2-4-10(13)5-3-9/h2-5,8H,6-7H2,1H3. The third-order valence-corrected chi connectivity index (χ3v) is 2.34. The molecule has 0 saturated heterocycles. The fourth-order valence-electron chi connectivity index (χ4n) is 1.19. The summed E-state index contributed by atoms with van der Waals surface area (Å²) in [6.07, 6.45) is 0.651. The molecule has 76 valence electrons. The van der Waals surface area contributed by atoms with Crippen molar-refractivity contribution in [2.75, 3.05) is 5.88 Å². The Morgan fingerprint density at radius 3 is 2.50 bits per heavy atom. The molecule has 0 bridgehead atoms. The summed E-state index contributed by atoms with van der Waals surface area (Å²) in [6.45, 7) is 1.83. The third-order valence-electron chi connectivity index (χ3n) is 2.12. The number of benzene rings is 1. The average Bonchev–Trinajstić information content (AvgIpc) is 2.18. The summed E-state index contributed by atoms with van der Waals surface area (Å²) in [7, 11) is 0. The van der Waals surface area contributed by atoms with Crippen molar-refractivity contribution in [2.24, 2.45) is 5.92 Å². The van der Waals surface area contributed by atoms with Crippen LogP contribution in [0, 0.1) is 11.7 Å². The highest BCUT2D eigenvalue weighted by molar-refractivity contribution is 6.18. The Morgan fingerprint density at radius 1 is 1.43 bits per heavy atom. The highest BCUT2D eigenvalue weighted by Gasteiger charge is 2.13. The Labute approximate surface area is 87.9 Å². The van der Waals surface area contributed by atoms with Crippen LogP contribution in [-0.4, -0.2) is 11.7 Å². The molecule has 1 atom stereocenters. The van der Waals surface area contributed by atoms with Crippen molar-refractivity contribution in [2.45, 2.75) is 13.3 Å². The average molecular weight is 215 g/mol. The minimum atomic E-state index is -0.327. The second kappa shape index (κ2) is 5.11. The zero-order chi connectivity index (χ0) is 10.6. The molecule has 0 N–H and O–H groups in total. The molecule has 1 unspecified atom stereocenters. The van der Waals surface area contributed by atoms with Gasteiger partial charge >= 0.3 is 0 Å². The molecule has 0 spiro atoms. The fraction of sp³-hybridized carbons (Fsp3) is 0.364. The lowest BCUT2D eigenvalue weighted by Gasteiger charge is -2.07. The van der Waals surface area contributed by atoms with Gasteiger partial charge in [0, 0.05) is 17.4 Å². The number of hydrogen-bond acceptors (Lipinski definition) is 1. The molecule has 1 nitrogen and oxygen atoms in total. The Morgan fingerprint density at radius 2 is 2.00 bits per heavy atom. The summed E-state index contributed by atoms with van der Waals surface area (Å²) < 4.78 is 12.6. The van der Waals surface area contributed by atoms with E-state index >= 15 is 0 Å². The van der Waals surface area contributed by atoms with Gasteiger partial charge in [-0.2, -0.15) is 0 Å². The Kier molecular flexibility index (Phi) is 4.08. The van der Waals surface area contributed by atoms with Crippen LogP contribution in [0.2, 0.25) is 0 Å². The third kappa shape index (κ3) is 2.81. The van der Waals surface area contributed by atoms with E-state index in [2.05, 4.69) is 0 Å². The van der Waals surface area contributed by atoms with E-state index in [1.807, 2.05) is 6.92 Å². The number of rotatable bonds is 4. The van der Waals surface area contributed by atoms with Gasteiger partial charge in [0.25, 0.3) is 0 Å². The quantitative estimate of drug-likeness (QED) is 0.555. The van der Waals surface area contributed by atoms with Gasteiger partial charge < -0.3 is 0 Å². The SMILES string of the molecule is CC(CCCl)C(=O)c1ccc(F)cc1. The number of carbonyl (C=O) groups is 1. The predicted molar refractivity (Wildman–Crippen MR) is 55.2 cm³/mol. The Hall–Kier alpha value is -0.890. The maximum atomic E-state index is 12.6. The first-order chi connectivity index (χ1) is 6.65. The molecule has 0 aliphatic rings. The number of carbonyl (C=O) groups excluding carboxylic acids is 1. The van der Waals surface area contributed by atoms with Crippen molar-refractivity contribution in [3.05, 3.63) is 35.6 Å². The van der Waals surface area contributed by atoms with Crippen LogP contribution >= 0.6 is 11.6 Å². The van der Waals surface area contributed by atoms with Gasteiger partial charge in [-0.05, 0) is 30.7 Å². The number of ketones is 1. The summed E-state index contributed by atoms with van der Waals surface area (Å²) >= 11 is 5.54. The predicted octanol–water partition coefficient (Wildman–Crippen LogP) is 3.27. The van der Waals surface area contributed by atoms with Crippen molar-refractivity contribution in [3.8, 4) is 0 Å². The molecule has 0 amide bonds. The first-order valence-corrected chi connectivity index (χ1v) is 5.04. The topological polar surface area (TPSA) is 17.1 Å². The van der Waals surface area contributed by atoms with Crippen LogP contribution in [0.3, 0.4) is 0 Å². The van der Waals surface area contributed by atoms with Gasteiger partial charge in [0.1, 0.15) is 5.82 Å². The molecule has 14 heavy (non-hydrogen) atoms. The fourth-order valence-corrected chi connectivity index (χ4v) is 1.52. The largest absolute Gasteiger partial charge is 0.294 e. The van der Waals surface area contributed by atoms with Crippen LogP contribution in [0.1, 0.15) is 23.7 Å². The van der Waals surface area contributed by atoms with E-state index in [9.17, 15) is 9.18 Å². The molecular formula is C11H12ClFO. The first-order valence-electron chi connectivity index (χ1n) is 4.51. The number of Topliss-reactive ketones (excluding diaryl/α,β-unsaturated/α-hetero) is 1. The van der Waals surface area contributed by atoms with Crippen molar-refractivity contribution in [3.63, 3.8) is 0 Å². The highest BCUT2D eigenvalue weighted by Crippen LogP contribution is 2.13. The van der Waals surface area contributed by atoms with E-state index in [4.69, 9.17) is 11.6 Å². The lowest BCUT2D eigenvalue weighted by Crippen LogP contribution is -2.11. The van der Waals surface area contributed by atoms with Crippen molar-refractivity contribution >= 4 is 17.4 Å². The van der Waals surface area contributed by atoms with Gasteiger partial charge in [0.05, 0.1) is 0 Å². The smallest absolute Gasteiger partial charge is 0.165 e. The van der Waals surface area contributed by atoms with Crippen molar-refractivity contribution in [1.29, 1.82) is 0 Å². The summed E-state index contributed by atoms with van der Waals surface area (Å²) in [5.74, 6) is 0.0591. The van der Waals surface area contributed by atoms with E-state index in [1.54, 1.807) is 0 Å². The lowest BCUT2D eigenvalue weighted by molar-refractivity contribution is 0.0927. The zero-order valence-corrected chi connectivity index (χ0v) is 8.72. The summed E-state index contributed by atoms with van der Waals surface area (Å²) in [6, 6.07) is 5.59. The van der Waals surface area contributed by atoms with Crippen LogP contribution in [-0.2, 0) is 0 Å². The molecule has 0 aromatic heterocycles. The molecule has 1 rings (SSSR count). The van der Waals surface area contributed by atoms with E-state index in [1.165, 1.54) is 24.3 Å². The van der Waals surface area contributed by atoms with Crippen LogP contribution < -0.4 is 0 Å². The highest BCUT2D eigenvalue weighted by atomic mass is 35.5. The minimum Gasteiger partial charge on any atom is -0.294 e. The van der Waals surface area contributed by atoms with Gasteiger partial charge in [0.15, 0.2) is 5.78 Å². The normalized spacial score (nSPS) is 12.5. The number of halogens is 2. The van der Waals surface area contributed by atoms with Crippen molar-refractivity contribution < 1.29 is 9.18 Å². The molecule has 1 aromatic rings. The van der Waals surface area contributed by atoms with Gasteiger partial charge in [0.2, 0.25) is 0 Å². The molecule has 0 aliphatic carbocycles. The lowest BCUT2D eigenvalue weighted by atomic mass is 9.97. The van der Waals surface area contributed by atoms with E-state index in [0.717, 1.165) is 0 Å². The number of hydrogen-bond donors (Lipinski definition) is 0. The van der Waals surface area contributed by atoms with E-state index in [0.29, 0.717) is 17.9 Å². The Bertz CT molecular complexity index is 308. The van der Waals surface area contributed by atoms with Crippen LogP contribution in [0.5, 0.6) is 0 Å². The summed E-state index contributed by atoms with van der Waals surface area (Å²) in [4.78, 5) is 11.7. The first kappa shape index (κ1) is 11.2. The maximum absolute atomic E-state index is 12.6. The Balaban J connectivity index is 2.74. The molecular weight excluding hydrogens is 203 g/mol. The zero-order valence-electron chi connectivity index (χ0n) is 7.97. The molecule has 3 heteroatoms. The molecule has 0 fully saturated rings. The number of alkyl halides is 1. The second-order valence-electron chi connectivity index (χ2n) is 3.25. The maximum Gasteiger partial charge on any atom is 0.165 e. The van der Waals surface area contributed by atoms with Crippen LogP contribution in [0.25, 0.3) is 0 Å². The van der Waals surface area contributed by atoms with Gasteiger partial charge in [-0.1, -0.05) is 6.92 Å². The van der Waals surface area contributed by atoms with Crippen LogP contribution in [0.4, 0.5) is 4.39 Å². The van der Waals surface area contributed by atoms with E-state index in [-0.39, 0.29) is 17.5 Å². The van der Waals surface area contributed by atoms with Gasteiger partial charge in [-0.25, -0.2) is 4.39 Å². The second-order valence-corrected chi connectivity index (χ2v) is 3.63. The molecule has 1 aromatic carbocycles. The van der Waals surface area contributed by atoms with Crippen LogP contribution in [0.15, 0.2) is 24.3 Å². The van der Waals surface area contributed by atoms with Gasteiger partial charge in [-0.3, -0.25) is 4.79 Å². The molecule has 0 aliphatic heterocycles. The summed E-state index contributed by atoms with van der Waals surface area (Å²) in [5.41, 5.74) is 0.545. The van der Waals surface area contributed by atoms with E-state index < -0.39 is 0 Å². The molecule has 0 heterocycles. The minimum absolute atomic E-state index is 0.0191. The molecule has 0 saturated carbocycles. The monoisotopic (exact) mass is 214 g/mol. The van der Waals surface area contributed by atoms with Crippen molar-refractivity contribution in [1.82, 2.24) is 0 Å².